The van der Waals surface area contributed by atoms with E-state index in [9.17, 15) is 4.79 Å². The summed E-state index contributed by atoms with van der Waals surface area (Å²) in [5, 5.41) is 0. The average Bonchev–Trinajstić information content (AvgIpc) is 2.72. The molecule has 2 rings (SSSR count). The molecule has 0 saturated carbocycles. The molecule has 90 valence electrons. The molecule has 0 saturated heterocycles. The summed E-state index contributed by atoms with van der Waals surface area (Å²) < 4.78 is 6.81. The number of ether oxygens (including phenoxy) is 1. The normalized spacial score (nSPS) is 10.8. The Bertz CT molecular complexity index is 587. The van der Waals surface area contributed by atoms with Gasteiger partial charge in [0.05, 0.1) is 18.0 Å². The van der Waals surface area contributed by atoms with Gasteiger partial charge in [-0.3, -0.25) is 4.98 Å². The third kappa shape index (κ3) is 1.88. The topological polar surface area (TPSA) is 56.5 Å². The summed E-state index contributed by atoms with van der Waals surface area (Å²) in [6.45, 7) is 7.89. The maximum Gasteiger partial charge on any atom is 0.358 e. The molecule has 2 heterocycles. The van der Waals surface area contributed by atoms with Gasteiger partial charge in [0.15, 0.2) is 11.3 Å². The van der Waals surface area contributed by atoms with E-state index >= 15 is 0 Å². The molecule has 2 aromatic rings. The Balaban J connectivity index is 2.61. The summed E-state index contributed by atoms with van der Waals surface area (Å²) in [5.74, 6) is -0.396. The number of aromatic nitrogens is 3. The lowest BCUT2D eigenvalue weighted by atomic mass is 10.3. The third-order valence-corrected chi connectivity index (χ3v) is 2.73. The van der Waals surface area contributed by atoms with Gasteiger partial charge in [0, 0.05) is 11.9 Å². The first kappa shape index (κ1) is 11.6. The summed E-state index contributed by atoms with van der Waals surface area (Å²) in [4.78, 5) is 20.2. The fraction of sp³-hybridized carbons (Fsp3) is 0.417. The van der Waals surface area contributed by atoms with Crippen molar-refractivity contribution in [3.05, 3.63) is 29.0 Å². The van der Waals surface area contributed by atoms with Crippen LogP contribution in [0.2, 0.25) is 0 Å². The van der Waals surface area contributed by atoms with Gasteiger partial charge < -0.3 is 9.14 Å². The lowest BCUT2D eigenvalue weighted by Gasteiger charge is -2.04. The summed E-state index contributed by atoms with van der Waals surface area (Å²) in [6.07, 6.45) is 1.70. The summed E-state index contributed by atoms with van der Waals surface area (Å²) >= 11 is 0. The minimum absolute atomic E-state index is 0.324. The molecular weight excluding hydrogens is 218 g/mol. The van der Waals surface area contributed by atoms with Crippen LogP contribution in [0, 0.1) is 20.8 Å². The van der Waals surface area contributed by atoms with Crippen LogP contribution >= 0.6 is 0 Å². The number of fused-ring (bicyclic) bond motifs is 1. The van der Waals surface area contributed by atoms with Crippen molar-refractivity contribution in [1.29, 1.82) is 0 Å². The Morgan fingerprint density at radius 3 is 2.65 bits per heavy atom. The number of aryl methyl sites for hydroxylation is 3. The Hall–Kier alpha value is -1.91. The third-order valence-electron chi connectivity index (χ3n) is 2.73. The molecule has 0 fully saturated rings. The van der Waals surface area contributed by atoms with Crippen molar-refractivity contribution < 1.29 is 9.53 Å². The first-order valence-corrected chi connectivity index (χ1v) is 5.54. The van der Waals surface area contributed by atoms with Gasteiger partial charge in [-0.15, -0.1) is 0 Å². The van der Waals surface area contributed by atoms with Crippen molar-refractivity contribution in [2.75, 3.05) is 6.61 Å². The highest BCUT2D eigenvalue weighted by Crippen LogP contribution is 2.14. The number of imidazole rings is 1. The van der Waals surface area contributed by atoms with Gasteiger partial charge in [0.25, 0.3) is 0 Å². The fourth-order valence-corrected chi connectivity index (χ4v) is 1.75. The number of carbonyl (C=O) groups is 1. The molecule has 0 aliphatic carbocycles. The van der Waals surface area contributed by atoms with Gasteiger partial charge in [0.1, 0.15) is 0 Å². The summed E-state index contributed by atoms with van der Waals surface area (Å²) in [7, 11) is 0. The number of esters is 1. The molecule has 0 radical (unpaired) electrons. The van der Waals surface area contributed by atoms with E-state index in [0.717, 1.165) is 17.1 Å². The maximum absolute atomic E-state index is 11.6. The number of hydrogen-bond acceptors (Lipinski definition) is 4. The van der Waals surface area contributed by atoms with Gasteiger partial charge >= 0.3 is 5.97 Å². The molecule has 0 N–H and O–H groups in total. The molecule has 0 bridgehead atoms. The van der Waals surface area contributed by atoms with Crippen molar-refractivity contribution in [3.8, 4) is 0 Å². The van der Waals surface area contributed by atoms with Crippen LogP contribution in [0.25, 0.3) is 5.65 Å². The van der Waals surface area contributed by atoms with E-state index in [-0.39, 0.29) is 0 Å². The van der Waals surface area contributed by atoms with E-state index in [1.54, 1.807) is 13.1 Å². The summed E-state index contributed by atoms with van der Waals surface area (Å²) in [5.41, 5.74) is 3.75. The Morgan fingerprint density at radius 1 is 1.29 bits per heavy atom. The maximum atomic E-state index is 11.6. The molecule has 0 unspecified atom stereocenters. The highest BCUT2D eigenvalue weighted by atomic mass is 16.5. The zero-order valence-corrected chi connectivity index (χ0v) is 10.4. The smallest absolute Gasteiger partial charge is 0.358 e. The molecule has 5 heteroatoms. The predicted molar refractivity (Wildman–Crippen MR) is 63.2 cm³/mol. The highest BCUT2D eigenvalue weighted by molar-refractivity contribution is 5.88. The highest BCUT2D eigenvalue weighted by Gasteiger charge is 2.15. The van der Waals surface area contributed by atoms with E-state index in [1.807, 2.05) is 25.2 Å². The molecule has 0 spiro atoms. The van der Waals surface area contributed by atoms with Gasteiger partial charge in [-0.05, 0) is 27.7 Å². The van der Waals surface area contributed by atoms with Gasteiger partial charge in [0.2, 0.25) is 0 Å². The van der Waals surface area contributed by atoms with Crippen LogP contribution in [0.3, 0.4) is 0 Å². The van der Waals surface area contributed by atoms with E-state index in [0.29, 0.717) is 17.9 Å². The van der Waals surface area contributed by atoms with E-state index < -0.39 is 5.97 Å². The first-order valence-electron chi connectivity index (χ1n) is 5.54. The van der Waals surface area contributed by atoms with Crippen LogP contribution < -0.4 is 0 Å². The second-order valence-corrected chi connectivity index (χ2v) is 3.91. The Labute approximate surface area is 99.5 Å². The fourth-order valence-electron chi connectivity index (χ4n) is 1.75. The Morgan fingerprint density at radius 2 is 2.00 bits per heavy atom. The minimum Gasteiger partial charge on any atom is -0.461 e. The van der Waals surface area contributed by atoms with Gasteiger partial charge in [-0.1, -0.05) is 0 Å². The summed E-state index contributed by atoms with van der Waals surface area (Å²) in [6, 6.07) is 0. The van der Waals surface area contributed by atoms with Crippen molar-refractivity contribution in [2.24, 2.45) is 0 Å². The van der Waals surface area contributed by atoms with Crippen LogP contribution in [0.15, 0.2) is 6.20 Å². The predicted octanol–water partition coefficient (Wildman–Crippen LogP) is 1.83. The number of rotatable bonds is 2. The van der Waals surface area contributed by atoms with Gasteiger partial charge in [-0.25, -0.2) is 9.78 Å². The van der Waals surface area contributed by atoms with E-state index in [4.69, 9.17) is 4.74 Å². The van der Waals surface area contributed by atoms with Crippen molar-refractivity contribution in [3.63, 3.8) is 0 Å². The molecule has 5 nitrogen and oxygen atoms in total. The van der Waals surface area contributed by atoms with E-state index in [1.165, 1.54) is 0 Å². The number of nitrogens with zero attached hydrogens (tertiary/aromatic N) is 3. The van der Waals surface area contributed by atoms with Crippen LogP contribution in [0.4, 0.5) is 0 Å². The second kappa shape index (κ2) is 4.16. The first-order chi connectivity index (χ1) is 8.04. The van der Waals surface area contributed by atoms with Crippen LogP contribution in [0.5, 0.6) is 0 Å². The quantitative estimate of drug-likeness (QED) is 0.742. The average molecular weight is 233 g/mol. The molecule has 0 amide bonds. The van der Waals surface area contributed by atoms with Crippen LogP contribution in [0.1, 0.15) is 34.5 Å². The number of carbonyl (C=O) groups excluding carboxylic acids is 1. The van der Waals surface area contributed by atoms with Crippen LogP contribution in [-0.2, 0) is 4.74 Å². The number of hydrogen-bond donors (Lipinski definition) is 0. The van der Waals surface area contributed by atoms with Crippen molar-refractivity contribution >= 4 is 11.6 Å². The molecule has 0 aliphatic heterocycles. The zero-order valence-electron chi connectivity index (χ0n) is 10.4. The molecular formula is C12H15N3O2. The largest absolute Gasteiger partial charge is 0.461 e. The molecule has 17 heavy (non-hydrogen) atoms. The van der Waals surface area contributed by atoms with Gasteiger partial charge in [-0.2, -0.15) is 0 Å². The molecule has 0 aliphatic rings. The monoisotopic (exact) mass is 233 g/mol. The molecule has 0 atom stereocenters. The molecule has 2 aromatic heterocycles. The zero-order chi connectivity index (χ0) is 12.6. The van der Waals surface area contributed by atoms with Crippen molar-refractivity contribution in [2.45, 2.75) is 27.7 Å². The van der Waals surface area contributed by atoms with Crippen LogP contribution in [-0.4, -0.2) is 26.9 Å². The lowest BCUT2D eigenvalue weighted by Crippen LogP contribution is -2.04. The van der Waals surface area contributed by atoms with Crippen molar-refractivity contribution in [1.82, 2.24) is 14.4 Å². The van der Waals surface area contributed by atoms with E-state index in [2.05, 4.69) is 9.97 Å². The second-order valence-electron chi connectivity index (χ2n) is 3.91. The minimum atomic E-state index is -0.396. The molecule has 0 aromatic carbocycles. The Kier molecular flexibility index (Phi) is 2.83. The SMILES string of the molecule is CCOC(=O)c1cn2c(C)c(C)nc(C)c2n1. The standard InChI is InChI=1S/C12H15N3O2/c1-5-17-12(16)10-6-15-9(4)7(2)13-8(3)11(15)14-10/h6H,5H2,1-4H3. The lowest BCUT2D eigenvalue weighted by molar-refractivity contribution is 0.0520.